The molecule has 3 aromatic carbocycles. The maximum atomic E-state index is 12.8. The number of carbonyl (C=O) groups is 4. The molecule has 3 aromatic rings. The lowest BCUT2D eigenvalue weighted by molar-refractivity contribution is 0.0692. The fourth-order valence-corrected chi connectivity index (χ4v) is 3.32. The number of fused-ring (bicyclic) bond motifs is 1. The van der Waals surface area contributed by atoms with E-state index in [2.05, 4.69) is 10.6 Å². The van der Waals surface area contributed by atoms with Crippen LogP contribution in [0.15, 0.2) is 66.7 Å². The van der Waals surface area contributed by atoms with Crippen LogP contribution in [0.1, 0.15) is 47.0 Å². The third-order valence-electron chi connectivity index (χ3n) is 5.13. The first-order valence-electron chi connectivity index (χ1n) is 9.60. The Balaban J connectivity index is 1.54. The van der Waals surface area contributed by atoms with E-state index in [1.54, 1.807) is 42.5 Å². The van der Waals surface area contributed by atoms with Gasteiger partial charge in [0.2, 0.25) is 0 Å². The largest absolute Gasteiger partial charge is 0.322 e. The Kier molecular flexibility index (Phi) is 5.09. The number of nitrogens with zero attached hydrogens (tertiary/aromatic N) is 1. The van der Waals surface area contributed by atoms with Crippen LogP contribution in [0.25, 0.3) is 0 Å². The molecule has 31 heavy (non-hydrogen) atoms. The van der Waals surface area contributed by atoms with Crippen LogP contribution in [0.3, 0.4) is 0 Å². The average molecular weight is 413 g/mol. The number of carbonyl (C=O) groups excluding carboxylic acids is 4. The second-order valence-corrected chi connectivity index (χ2v) is 7.23. The third kappa shape index (κ3) is 3.81. The van der Waals surface area contributed by atoms with Crippen LogP contribution >= 0.6 is 0 Å². The van der Waals surface area contributed by atoms with Crippen molar-refractivity contribution in [2.24, 2.45) is 0 Å². The lowest BCUT2D eigenvalue weighted by Crippen LogP contribution is -2.24. The number of hydrogen-bond donors (Lipinski definition) is 2. The summed E-state index contributed by atoms with van der Waals surface area (Å²) in [5.41, 5.74) is 3.14. The molecule has 0 atom stereocenters. The van der Waals surface area contributed by atoms with E-state index in [0.29, 0.717) is 16.9 Å². The van der Waals surface area contributed by atoms with Gasteiger partial charge in [0.15, 0.2) is 0 Å². The van der Waals surface area contributed by atoms with Gasteiger partial charge in [0, 0.05) is 29.5 Å². The summed E-state index contributed by atoms with van der Waals surface area (Å²) in [6.07, 6.45) is 0. The van der Waals surface area contributed by atoms with Crippen LogP contribution in [0.5, 0.6) is 0 Å². The molecule has 0 unspecified atom stereocenters. The number of aryl methyl sites for hydroxylation is 1. The molecule has 7 nitrogen and oxygen atoms in total. The van der Waals surface area contributed by atoms with Crippen LogP contribution in [0, 0.1) is 6.92 Å². The summed E-state index contributed by atoms with van der Waals surface area (Å²) in [7, 11) is 1.41. The highest BCUT2D eigenvalue weighted by Crippen LogP contribution is 2.25. The van der Waals surface area contributed by atoms with Gasteiger partial charge in [-0.3, -0.25) is 24.1 Å². The van der Waals surface area contributed by atoms with Gasteiger partial charge in [-0.25, -0.2) is 0 Å². The normalized spacial score (nSPS) is 12.5. The first-order chi connectivity index (χ1) is 14.8. The topological polar surface area (TPSA) is 95.6 Å². The standard InChI is InChI=1S/C24H19N3O4/c1-14-8-10-17(25-21(28)15-6-4-3-5-7-15)13-20(14)26-22(29)16-9-11-18-19(12-16)24(31)27(2)23(18)30/h3-13H,1-2H3,(H,25,28)(H,26,29). The Morgan fingerprint density at radius 1 is 0.742 bits per heavy atom. The molecule has 154 valence electrons. The van der Waals surface area contributed by atoms with Gasteiger partial charge in [0.1, 0.15) is 0 Å². The molecule has 4 amide bonds. The predicted molar refractivity (Wildman–Crippen MR) is 116 cm³/mol. The van der Waals surface area contributed by atoms with Gasteiger partial charge in [-0.2, -0.15) is 0 Å². The van der Waals surface area contributed by atoms with Crippen molar-refractivity contribution in [3.8, 4) is 0 Å². The van der Waals surface area contributed by atoms with Crippen molar-refractivity contribution in [1.82, 2.24) is 4.90 Å². The molecule has 7 heteroatoms. The maximum Gasteiger partial charge on any atom is 0.261 e. The summed E-state index contributed by atoms with van der Waals surface area (Å²) in [6, 6.07) is 18.4. The van der Waals surface area contributed by atoms with Crippen LogP contribution < -0.4 is 10.6 Å². The molecule has 0 radical (unpaired) electrons. The third-order valence-corrected chi connectivity index (χ3v) is 5.13. The lowest BCUT2D eigenvalue weighted by atomic mass is 10.0. The van der Waals surface area contributed by atoms with Crippen LogP contribution in [0.4, 0.5) is 11.4 Å². The van der Waals surface area contributed by atoms with Crippen molar-refractivity contribution in [2.75, 3.05) is 17.7 Å². The van der Waals surface area contributed by atoms with Crippen molar-refractivity contribution in [3.63, 3.8) is 0 Å². The first-order valence-corrected chi connectivity index (χ1v) is 9.60. The Labute approximate surface area is 178 Å². The fourth-order valence-electron chi connectivity index (χ4n) is 3.32. The number of imide groups is 1. The molecule has 4 rings (SSSR count). The average Bonchev–Trinajstić information content (AvgIpc) is 3.00. The number of nitrogens with one attached hydrogen (secondary N) is 2. The van der Waals surface area contributed by atoms with Gasteiger partial charge in [-0.05, 0) is 55.0 Å². The molecule has 1 aliphatic rings. The van der Waals surface area contributed by atoms with Gasteiger partial charge in [-0.1, -0.05) is 24.3 Å². The van der Waals surface area contributed by atoms with Crippen LogP contribution in [0.2, 0.25) is 0 Å². The van der Waals surface area contributed by atoms with Crippen LogP contribution in [-0.4, -0.2) is 35.6 Å². The number of benzene rings is 3. The molecule has 0 aromatic heterocycles. The Morgan fingerprint density at radius 3 is 2.16 bits per heavy atom. The van der Waals surface area contributed by atoms with E-state index in [1.165, 1.54) is 25.2 Å². The van der Waals surface area contributed by atoms with Gasteiger partial charge in [0.05, 0.1) is 11.1 Å². The van der Waals surface area contributed by atoms with E-state index in [4.69, 9.17) is 0 Å². The maximum absolute atomic E-state index is 12.8. The number of hydrogen-bond acceptors (Lipinski definition) is 4. The quantitative estimate of drug-likeness (QED) is 0.637. The van der Waals surface area contributed by atoms with Crippen LogP contribution in [-0.2, 0) is 0 Å². The number of anilines is 2. The molecule has 2 N–H and O–H groups in total. The van der Waals surface area contributed by atoms with Gasteiger partial charge < -0.3 is 10.6 Å². The van der Waals surface area contributed by atoms with E-state index in [1.807, 2.05) is 13.0 Å². The predicted octanol–water partition coefficient (Wildman–Crippen LogP) is 3.73. The monoisotopic (exact) mass is 413 g/mol. The fraction of sp³-hybridized carbons (Fsp3) is 0.0833. The highest BCUT2D eigenvalue weighted by Gasteiger charge is 2.33. The molecule has 0 saturated carbocycles. The van der Waals surface area contributed by atoms with Gasteiger partial charge in [-0.15, -0.1) is 0 Å². The highest BCUT2D eigenvalue weighted by molar-refractivity contribution is 6.22. The molecular formula is C24H19N3O4. The van der Waals surface area contributed by atoms with Crippen molar-refractivity contribution >= 4 is 35.0 Å². The van der Waals surface area contributed by atoms with Gasteiger partial charge in [0.25, 0.3) is 23.6 Å². The van der Waals surface area contributed by atoms with Crippen molar-refractivity contribution in [1.29, 1.82) is 0 Å². The van der Waals surface area contributed by atoms with Gasteiger partial charge >= 0.3 is 0 Å². The Hall–Kier alpha value is -4.26. The summed E-state index contributed by atoms with van der Waals surface area (Å²) in [6.45, 7) is 1.83. The lowest BCUT2D eigenvalue weighted by Gasteiger charge is -2.12. The Morgan fingerprint density at radius 2 is 1.42 bits per heavy atom. The zero-order valence-electron chi connectivity index (χ0n) is 16.9. The molecule has 0 bridgehead atoms. The zero-order valence-corrected chi connectivity index (χ0v) is 16.9. The summed E-state index contributed by atoms with van der Waals surface area (Å²) in [4.78, 5) is 50.4. The minimum absolute atomic E-state index is 0.209. The van der Waals surface area contributed by atoms with Crippen molar-refractivity contribution < 1.29 is 19.2 Å². The van der Waals surface area contributed by atoms with E-state index in [0.717, 1.165) is 10.5 Å². The molecular weight excluding hydrogens is 394 g/mol. The molecule has 0 fully saturated rings. The summed E-state index contributed by atoms with van der Waals surface area (Å²) in [5, 5.41) is 5.62. The molecule has 0 spiro atoms. The summed E-state index contributed by atoms with van der Waals surface area (Å²) in [5.74, 6) is -1.50. The minimum Gasteiger partial charge on any atom is -0.322 e. The summed E-state index contributed by atoms with van der Waals surface area (Å²) < 4.78 is 0. The number of rotatable bonds is 4. The SMILES string of the molecule is Cc1ccc(NC(=O)c2ccccc2)cc1NC(=O)c1ccc2c(c1)C(=O)N(C)C2=O. The van der Waals surface area contributed by atoms with E-state index >= 15 is 0 Å². The second kappa shape index (κ2) is 7.87. The molecule has 0 saturated heterocycles. The second-order valence-electron chi connectivity index (χ2n) is 7.23. The first kappa shape index (κ1) is 20.0. The summed E-state index contributed by atoms with van der Waals surface area (Å²) >= 11 is 0. The van der Waals surface area contributed by atoms with E-state index in [-0.39, 0.29) is 28.5 Å². The molecule has 1 heterocycles. The van der Waals surface area contributed by atoms with Crippen molar-refractivity contribution in [3.05, 3.63) is 94.5 Å². The smallest absolute Gasteiger partial charge is 0.261 e. The highest BCUT2D eigenvalue weighted by atomic mass is 16.2. The Bertz CT molecular complexity index is 1230. The van der Waals surface area contributed by atoms with E-state index in [9.17, 15) is 19.2 Å². The van der Waals surface area contributed by atoms with E-state index < -0.39 is 11.8 Å². The number of amides is 4. The molecule has 1 aliphatic heterocycles. The zero-order chi connectivity index (χ0) is 22.1. The van der Waals surface area contributed by atoms with Crippen molar-refractivity contribution in [2.45, 2.75) is 6.92 Å². The minimum atomic E-state index is -0.434. The molecule has 0 aliphatic carbocycles.